The fourth-order valence-electron chi connectivity index (χ4n) is 4.44. The monoisotopic (exact) mass is 446 g/mol. The molecule has 4 aromatic carbocycles. The summed E-state index contributed by atoms with van der Waals surface area (Å²) < 4.78 is 12.1. The second kappa shape index (κ2) is 6.92. The molecular weight excluding hydrogens is 432 g/mol. The Balaban J connectivity index is 1.36. The molecule has 0 radical (unpaired) electrons. The molecule has 0 saturated heterocycles. The summed E-state index contributed by atoms with van der Waals surface area (Å²) in [5, 5.41) is 4.70. The summed E-state index contributed by atoms with van der Waals surface area (Å²) in [6.07, 6.45) is 0. The highest BCUT2D eigenvalue weighted by atomic mass is 35.5. The van der Waals surface area contributed by atoms with E-state index in [1.165, 1.54) is 0 Å². The maximum atomic E-state index is 6.42. The largest absolute Gasteiger partial charge is 0.456 e. The topological polar surface area (TPSA) is 52.1 Å². The number of benzene rings is 4. The molecule has 4 nitrogen and oxygen atoms in total. The smallest absolute Gasteiger partial charge is 0.161 e. The predicted octanol–water partition coefficient (Wildman–Crippen LogP) is 8.26. The highest BCUT2D eigenvalue weighted by Gasteiger charge is 2.13. The lowest BCUT2D eigenvalue weighted by Crippen LogP contribution is -1.93. The summed E-state index contributed by atoms with van der Waals surface area (Å²) in [5.41, 5.74) is 5.82. The van der Waals surface area contributed by atoms with Gasteiger partial charge in [-0.1, -0.05) is 60.1 Å². The number of hydrogen-bond donors (Lipinski definition) is 0. The zero-order valence-electron chi connectivity index (χ0n) is 17.2. The van der Waals surface area contributed by atoms with Gasteiger partial charge in [-0.15, -0.1) is 0 Å². The number of fused-ring (bicyclic) bond motifs is 6. The molecule has 0 amide bonds. The zero-order chi connectivity index (χ0) is 21.9. The average Bonchev–Trinajstić information content (AvgIpc) is 3.40. The van der Waals surface area contributed by atoms with Crippen molar-refractivity contribution >= 4 is 55.5 Å². The molecule has 0 N–H and O–H groups in total. The van der Waals surface area contributed by atoms with Crippen LogP contribution in [0.1, 0.15) is 0 Å². The molecule has 0 aliphatic rings. The van der Waals surface area contributed by atoms with Crippen molar-refractivity contribution in [3.63, 3.8) is 0 Å². The van der Waals surface area contributed by atoms with Crippen molar-refractivity contribution in [2.24, 2.45) is 0 Å². The third-order valence-electron chi connectivity index (χ3n) is 6.01. The van der Waals surface area contributed by atoms with Gasteiger partial charge in [-0.2, -0.15) is 0 Å². The van der Waals surface area contributed by atoms with Crippen molar-refractivity contribution in [1.29, 1.82) is 0 Å². The quantitative estimate of drug-likeness (QED) is 0.251. The minimum Gasteiger partial charge on any atom is -0.456 e. The fraction of sp³-hybridized carbons (Fsp3) is 0. The zero-order valence-corrected chi connectivity index (χ0v) is 18.0. The van der Waals surface area contributed by atoms with Gasteiger partial charge in [0.1, 0.15) is 27.5 Å². The van der Waals surface area contributed by atoms with Crippen LogP contribution in [0.5, 0.6) is 0 Å². The summed E-state index contributed by atoms with van der Waals surface area (Å²) in [5.74, 6) is 0.546. The normalized spacial score (nSPS) is 11.8. The minimum atomic E-state index is 0.379. The van der Waals surface area contributed by atoms with E-state index in [2.05, 4.69) is 23.2 Å². The van der Waals surface area contributed by atoms with Crippen LogP contribution >= 0.6 is 11.6 Å². The minimum absolute atomic E-state index is 0.379. The van der Waals surface area contributed by atoms with Gasteiger partial charge in [-0.25, -0.2) is 9.97 Å². The standard InChI is InChI=1S/C28H15ClN2O2/c29-27-15-22(16-9-11-20-18-5-1-3-7-23(18)32-25(20)13-16)30-28(31-27)17-10-12-21-19-6-2-4-8-24(19)33-26(21)14-17/h1-15H. The summed E-state index contributed by atoms with van der Waals surface area (Å²) in [4.78, 5) is 9.29. The molecule has 0 unspecified atom stereocenters. The molecule has 3 heterocycles. The lowest BCUT2D eigenvalue weighted by Gasteiger charge is -2.06. The van der Waals surface area contributed by atoms with Crippen molar-refractivity contribution in [2.75, 3.05) is 0 Å². The first-order valence-corrected chi connectivity index (χ1v) is 11.0. The lowest BCUT2D eigenvalue weighted by atomic mass is 10.1. The van der Waals surface area contributed by atoms with Crippen LogP contribution < -0.4 is 0 Å². The van der Waals surface area contributed by atoms with Gasteiger partial charge >= 0.3 is 0 Å². The molecule has 156 valence electrons. The van der Waals surface area contributed by atoms with Crippen LogP contribution in [-0.4, -0.2) is 9.97 Å². The molecule has 3 aromatic heterocycles. The first kappa shape index (κ1) is 18.4. The molecule has 0 aliphatic heterocycles. The number of para-hydroxylation sites is 2. The molecule has 0 atom stereocenters. The van der Waals surface area contributed by atoms with Gasteiger partial charge < -0.3 is 8.83 Å². The van der Waals surface area contributed by atoms with Crippen LogP contribution in [0.2, 0.25) is 5.15 Å². The first-order chi connectivity index (χ1) is 16.2. The first-order valence-electron chi connectivity index (χ1n) is 10.6. The van der Waals surface area contributed by atoms with E-state index in [4.69, 9.17) is 25.4 Å². The Hall–Kier alpha value is -4.15. The van der Waals surface area contributed by atoms with Crippen LogP contribution in [0, 0.1) is 0 Å². The number of aromatic nitrogens is 2. The van der Waals surface area contributed by atoms with Crippen LogP contribution in [0.4, 0.5) is 0 Å². The third-order valence-corrected chi connectivity index (χ3v) is 6.20. The number of halogens is 1. The molecule has 0 bridgehead atoms. The number of hydrogen-bond acceptors (Lipinski definition) is 4. The van der Waals surface area contributed by atoms with E-state index in [1.54, 1.807) is 6.07 Å². The number of furan rings is 2. The van der Waals surface area contributed by atoms with Crippen molar-refractivity contribution in [3.8, 4) is 22.6 Å². The Morgan fingerprint density at radius 1 is 0.515 bits per heavy atom. The van der Waals surface area contributed by atoms with E-state index in [0.29, 0.717) is 11.0 Å². The Bertz CT molecular complexity index is 1720. The maximum absolute atomic E-state index is 6.42. The average molecular weight is 447 g/mol. The van der Waals surface area contributed by atoms with Crippen molar-refractivity contribution in [1.82, 2.24) is 9.97 Å². The predicted molar refractivity (Wildman–Crippen MR) is 132 cm³/mol. The van der Waals surface area contributed by atoms with Gasteiger partial charge in [0.2, 0.25) is 0 Å². The van der Waals surface area contributed by atoms with Gasteiger partial charge in [0.05, 0.1) is 5.69 Å². The van der Waals surface area contributed by atoms with Crippen LogP contribution in [-0.2, 0) is 0 Å². The van der Waals surface area contributed by atoms with Gasteiger partial charge in [-0.3, -0.25) is 0 Å². The van der Waals surface area contributed by atoms with Gasteiger partial charge in [0.25, 0.3) is 0 Å². The van der Waals surface area contributed by atoms with Gasteiger partial charge in [0.15, 0.2) is 5.82 Å². The van der Waals surface area contributed by atoms with Crippen LogP contribution in [0.3, 0.4) is 0 Å². The molecule has 7 rings (SSSR count). The lowest BCUT2D eigenvalue weighted by molar-refractivity contribution is 0.668. The van der Waals surface area contributed by atoms with Crippen molar-refractivity contribution in [2.45, 2.75) is 0 Å². The summed E-state index contributed by atoms with van der Waals surface area (Å²) >= 11 is 6.42. The Kier molecular flexibility index (Phi) is 3.87. The summed E-state index contributed by atoms with van der Waals surface area (Å²) in [6, 6.07) is 29.9. The molecule has 5 heteroatoms. The molecule has 0 fully saturated rings. The van der Waals surface area contributed by atoms with Gasteiger partial charge in [-0.05, 0) is 36.4 Å². The van der Waals surface area contributed by atoms with E-state index in [9.17, 15) is 0 Å². The summed E-state index contributed by atoms with van der Waals surface area (Å²) in [7, 11) is 0. The molecule has 0 aliphatic carbocycles. The highest BCUT2D eigenvalue weighted by Crippen LogP contribution is 2.34. The van der Waals surface area contributed by atoms with Crippen molar-refractivity contribution in [3.05, 3.63) is 96.1 Å². The molecule has 7 aromatic rings. The summed E-state index contributed by atoms with van der Waals surface area (Å²) in [6.45, 7) is 0. The maximum Gasteiger partial charge on any atom is 0.161 e. The molecule has 33 heavy (non-hydrogen) atoms. The molecular formula is C28H15ClN2O2. The number of nitrogens with zero attached hydrogens (tertiary/aromatic N) is 2. The Morgan fingerprint density at radius 2 is 1.06 bits per heavy atom. The van der Waals surface area contributed by atoms with E-state index >= 15 is 0 Å². The Morgan fingerprint density at radius 3 is 1.73 bits per heavy atom. The van der Waals surface area contributed by atoms with E-state index in [1.807, 2.05) is 66.7 Å². The SMILES string of the molecule is Clc1cc(-c2ccc3c(c2)oc2ccccc23)nc(-c2ccc3c(c2)oc2ccccc23)n1. The molecule has 0 saturated carbocycles. The second-order valence-corrected chi connectivity index (χ2v) is 8.41. The fourth-order valence-corrected chi connectivity index (χ4v) is 4.63. The van der Waals surface area contributed by atoms with E-state index in [-0.39, 0.29) is 0 Å². The van der Waals surface area contributed by atoms with Crippen LogP contribution in [0.15, 0.2) is 99.8 Å². The van der Waals surface area contributed by atoms with Crippen LogP contribution in [0.25, 0.3) is 66.5 Å². The third kappa shape index (κ3) is 2.92. The Labute approximate surface area is 193 Å². The van der Waals surface area contributed by atoms with Gasteiger partial charge in [0, 0.05) is 38.7 Å². The second-order valence-electron chi connectivity index (χ2n) is 8.02. The van der Waals surface area contributed by atoms with E-state index in [0.717, 1.165) is 60.7 Å². The number of rotatable bonds is 2. The molecule has 0 spiro atoms. The van der Waals surface area contributed by atoms with Crippen molar-refractivity contribution < 1.29 is 8.83 Å². The van der Waals surface area contributed by atoms with E-state index < -0.39 is 0 Å². The highest BCUT2D eigenvalue weighted by molar-refractivity contribution is 6.29.